The van der Waals surface area contributed by atoms with Crippen LogP contribution in [0, 0.1) is 12.8 Å². The van der Waals surface area contributed by atoms with Gasteiger partial charge in [-0.25, -0.2) is 0 Å². The van der Waals surface area contributed by atoms with E-state index in [2.05, 4.69) is 24.4 Å². The minimum Gasteiger partial charge on any atom is -0.496 e. The highest BCUT2D eigenvalue weighted by Crippen LogP contribution is 2.40. The van der Waals surface area contributed by atoms with Gasteiger partial charge in [-0.1, -0.05) is 30.5 Å². The second-order valence-electron chi connectivity index (χ2n) is 8.62. The van der Waals surface area contributed by atoms with Crippen molar-refractivity contribution in [2.75, 3.05) is 26.9 Å². The maximum absolute atomic E-state index is 13.0. The van der Waals surface area contributed by atoms with Gasteiger partial charge in [-0.3, -0.25) is 4.79 Å². The lowest BCUT2D eigenvalue weighted by Gasteiger charge is -2.41. The molecule has 0 aromatic heterocycles. The van der Waals surface area contributed by atoms with Crippen LogP contribution in [0.1, 0.15) is 56.6 Å². The first-order valence-electron chi connectivity index (χ1n) is 10.2. The maximum atomic E-state index is 13.0. The number of rotatable bonds is 5. The molecule has 5 nitrogen and oxygen atoms in total. The van der Waals surface area contributed by atoms with Crippen molar-refractivity contribution in [3.63, 3.8) is 0 Å². The summed E-state index contributed by atoms with van der Waals surface area (Å²) in [5, 5.41) is 3.26. The molecule has 3 N–H and O–H groups in total. The number of nitrogens with one attached hydrogen (secondary N) is 1. The quantitative estimate of drug-likeness (QED) is 0.779. The molecule has 6 heteroatoms. The van der Waals surface area contributed by atoms with Crippen molar-refractivity contribution in [2.45, 2.75) is 63.3 Å². The molecule has 1 aliphatic carbocycles. The highest BCUT2D eigenvalue weighted by Gasteiger charge is 2.41. The number of carbonyl (C=O) groups is 1. The molecular formula is C22H35ClN2O3. The average Bonchev–Trinajstić information content (AvgIpc) is 2.66. The Morgan fingerprint density at radius 2 is 2.00 bits per heavy atom. The molecule has 1 aromatic carbocycles. The third-order valence-corrected chi connectivity index (χ3v) is 6.55. The van der Waals surface area contributed by atoms with Gasteiger partial charge in [0.15, 0.2) is 0 Å². The number of carbonyl (C=O) groups excluding carboxylic acids is 1. The van der Waals surface area contributed by atoms with E-state index in [1.165, 1.54) is 11.1 Å². The zero-order valence-electron chi connectivity index (χ0n) is 17.4. The Hall–Kier alpha value is -1.30. The molecule has 1 amide bonds. The monoisotopic (exact) mass is 410 g/mol. The Balaban J connectivity index is 0.00000280. The van der Waals surface area contributed by atoms with Crippen LogP contribution in [0.4, 0.5) is 0 Å². The van der Waals surface area contributed by atoms with Crippen molar-refractivity contribution in [3.05, 3.63) is 29.3 Å². The molecule has 2 fully saturated rings. The Kier molecular flexibility index (Phi) is 7.77. The minimum absolute atomic E-state index is 0. The minimum atomic E-state index is -0.411. The number of ether oxygens (including phenoxy) is 2. The summed E-state index contributed by atoms with van der Waals surface area (Å²) in [6.45, 7) is 6.11. The standard InChI is InChI=1S/C22H34N2O3.ClH/c1-16-7-8-19(26-3)18(14-16)22(10-12-27-13-11-22)15-24-20(25)17-6-4-5-9-21(17,2)23;/h7-8,14,17H,4-6,9-13,15,23H2,1-3H3,(H,24,25);1H. The summed E-state index contributed by atoms with van der Waals surface area (Å²) in [5.41, 5.74) is 8.24. The van der Waals surface area contributed by atoms with Gasteiger partial charge in [0.1, 0.15) is 5.75 Å². The van der Waals surface area contributed by atoms with E-state index in [1.54, 1.807) is 7.11 Å². The SMILES string of the molecule is COc1ccc(C)cc1C1(CNC(=O)C2CCCCC2(C)N)CCOCC1.Cl. The van der Waals surface area contributed by atoms with Crippen molar-refractivity contribution < 1.29 is 14.3 Å². The van der Waals surface area contributed by atoms with E-state index in [1.807, 2.05) is 13.0 Å². The van der Waals surface area contributed by atoms with Gasteiger partial charge in [0.05, 0.1) is 13.0 Å². The first-order valence-corrected chi connectivity index (χ1v) is 10.2. The van der Waals surface area contributed by atoms with Crippen LogP contribution in [0.3, 0.4) is 0 Å². The summed E-state index contributed by atoms with van der Waals surface area (Å²) in [5.74, 6) is 0.873. The second kappa shape index (κ2) is 9.47. The fourth-order valence-electron chi connectivity index (χ4n) is 4.71. The normalized spacial score (nSPS) is 26.8. The number of hydrogen-bond donors (Lipinski definition) is 2. The number of nitrogens with two attached hydrogens (primary N) is 1. The van der Waals surface area contributed by atoms with Crippen molar-refractivity contribution >= 4 is 18.3 Å². The molecule has 2 atom stereocenters. The van der Waals surface area contributed by atoms with Crippen LogP contribution in [0.5, 0.6) is 5.75 Å². The second-order valence-corrected chi connectivity index (χ2v) is 8.62. The third kappa shape index (κ3) is 4.81. The molecule has 1 saturated carbocycles. The summed E-state index contributed by atoms with van der Waals surface area (Å²) in [6, 6.07) is 6.29. The third-order valence-electron chi connectivity index (χ3n) is 6.55. The van der Waals surface area contributed by atoms with E-state index in [0.29, 0.717) is 19.8 Å². The molecule has 0 bridgehead atoms. The van der Waals surface area contributed by atoms with Gasteiger partial charge in [0, 0.05) is 36.3 Å². The van der Waals surface area contributed by atoms with E-state index in [9.17, 15) is 4.79 Å². The van der Waals surface area contributed by atoms with Gasteiger partial charge in [0.2, 0.25) is 5.91 Å². The zero-order valence-corrected chi connectivity index (χ0v) is 18.2. The van der Waals surface area contributed by atoms with Gasteiger partial charge in [-0.05, 0) is 45.6 Å². The maximum Gasteiger partial charge on any atom is 0.224 e. The van der Waals surface area contributed by atoms with E-state index < -0.39 is 5.54 Å². The fraction of sp³-hybridized carbons (Fsp3) is 0.682. The van der Waals surface area contributed by atoms with Gasteiger partial charge < -0.3 is 20.5 Å². The molecular weight excluding hydrogens is 376 g/mol. The first-order chi connectivity index (χ1) is 12.9. The lowest BCUT2D eigenvalue weighted by Crippen LogP contribution is -2.54. The number of methoxy groups -OCH3 is 1. The van der Waals surface area contributed by atoms with E-state index >= 15 is 0 Å². The Labute approximate surface area is 175 Å². The van der Waals surface area contributed by atoms with Crippen molar-refractivity contribution in [1.29, 1.82) is 0 Å². The van der Waals surface area contributed by atoms with Gasteiger partial charge >= 0.3 is 0 Å². The Morgan fingerprint density at radius 3 is 2.64 bits per heavy atom. The fourth-order valence-corrected chi connectivity index (χ4v) is 4.71. The summed E-state index contributed by atoms with van der Waals surface area (Å²) < 4.78 is 11.3. The molecule has 1 aromatic rings. The summed E-state index contributed by atoms with van der Waals surface area (Å²) >= 11 is 0. The number of amides is 1. The molecule has 2 aliphatic rings. The van der Waals surface area contributed by atoms with E-state index in [-0.39, 0.29) is 29.6 Å². The molecule has 3 rings (SSSR count). The van der Waals surface area contributed by atoms with Crippen LogP contribution >= 0.6 is 12.4 Å². The van der Waals surface area contributed by atoms with Crippen molar-refractivity contribution in [1.82, 2.24) is 5.32 Å². The van der Waals surface area contributed by atoms with Gasteiger partial charge in [0.25, 0.3) is 0 Å². The van der Waals surface area contributed by atoms with Crippen molar-refractivity contribution in [2.24, 2.45) is 11.7 Å². The zero-order chi connectivity index (χ0) is 19.5. The van der Waals surface area contributed by atoms with Crippen LogP contribution in [0.25, 0.3) is 0 Å². The largest absolute Gasteiger partial charge is 0.496 e. The predicted octanol–water partition coefficient (Wildman–Crippen LogP) is 3.50. The Bertz CT molecular complexity index is 672. The molecule has 1 heterocycles. The summed E-state index contributed by atoms with van der Waals surface area (Å²) in [6.07, 6.45) is 5.72. The molecule has 2 unspecified atom stereocenters. The number of hydrogen-bond acceptors (Lipinski definition) is 4. The number of benzene rings is 1. The van der Waals surface area contributed by atoms with Crippen LogP contribution in [-0.4, -0.2) is 38.3 Å². The lowest BCUT2D eigenvalue weighted by atomic mass is 9.72. The summed E-state index contributed by atoms with van der Waals surface area (Å²) in [4.78, 5) is 13.0. The van der Waals surface area contributed by atoms with Crippen molar-refractivity contribution in [3.8, 4) is 5.75 Å². The van der Waals surface area contributed by atoms with Gasteiger partial charge in [-0.15, -0.1) is 12.4 Å². The highest BCUT2D eigenvalue weighted by molar-refractivity contribution is 5.85. The summed E-state index contributed by atoms with van der Waals surface area (Å²) in [7, 11) is 1.71. The number of halogens is 1. The number of aryl methyl sites for hydroxylation is 1. The lowest BCUT2D eigenvalue weighted by molar-refractivity contribution is -0.128. The van der Waals surface area contributed by atoms with E-state index in [4.69, 9.17) is 15.2 Å². The van der Waals surface area contributed by atoms with Crippen LogP contribution in [0.2, 0.25) is 0 Å². The highest BCUT2D eigenvalue weighted by atomic mass is 35.5. The molecule has 158 valence electrons. The smallest absolute Gasteiger partial charge is 0.224 e. The van der Waals surface area contributed by atoms with Crippen LogP contribution < -0.4 is 15.8 Å². The molecule has 28 heavy (non-hydrogen) atoms. The van der Waals surface area contributed by atoms with E-state index in [0.717, 1.165) is 44.3 Å². The molecule has 0 spiro atoms. The first kappa shape index (κ1) is 23.0. The molecule has 0 radical (unpaired) electrons. The van der Waals surface area contributed by atoms with Gasteiger partial charge in [-0.2, -0.15) is 0 Å². The topological polar surface area (TPSA) is 73.6 Å². The predicted molar refractivity (Wildman–Crippen MR) is 114 cm³/mol. The molecule has 1 saturated heterocycles. The molecule has 1 aliphatic heterocycles. The van der Waals surface area contributed by atoms with Crippen LogP contribution in [0.15, 0.2) is 18.2 Å². The van der Waals surface area contributed by atoms with Crippen LogP contribution in [-0.2, 0) is 14.9 Å². The Morgan fingerprint density at radius 1 is 1.29 bits per heavy atom. The average molecular weight is 411 g/mol.